The molecule has 0 spiro atoms. The summed E-state index contributed by atoms with van der Waals surface area (Å²) in [5.41, 5.74) is -2.28. The van der Waals surface area contributed by atoms with E-state index in [2.05, 4.69) is 34.1 Å². The van der Waals surface area contributed by atoms with E-state index in [9.17, 15) is 64.7 Å². The lowest BCUT2D eigenvalue weighted by Gasteiger charge is -2.13. The fourth-order valence-corrected chi connectivity index (χ4v) is 9.25. The van der Waals surface area contributed by atoms with Crippen molar-refractivity contribution >= 4 is 99.9 Å². The van der Waals surface area contributed by atoms with Crippen LogP contribution in [0.2, 0.25) is 0 Å². The lowest BCUT2D eigenvalue weighted by molar-refractivity contribution is 0.282. The fraction of sp³-hybridized carbons (Fsp3) is 0.214. The highest BCUT2D eigenvalue weighted by atomic mass is 32.3. The molecule has 4 aromatic rings. The summed E-state index contributed by atoms with van der Waals surface area (Å²) in [6.07, 6.45) is 0. The number of ether oxygens (including phenoxy) is 1. The van der Waals surface area contributed by atoms with Gasteiger partial charge in [-0.1, -0.05) is 0 Å². The Morgan fingerprint density at radius 3 is 1.59 bits per heavy atom. The van der Waals surface area contributed by atoms with Gasteiger partial charge < -0.3 is 15.2 Å². The molecule has 0 amide bonds. The number of nitrogens with zero attached hydrogens (tertiary/aromatic N) is 4. The van der Waals surface area contributed by atoms with Gasteiger partial charge in [0.25, 0.3) is 20.2 Å². The summed E-state index contributed by atoms with van der Waals surface area (Å²) in [5, 5.41) is 28.8. The highest BCUT2D eigenvalue weighted by Crippen LogP contribution is 2.47. The van der Waals surface area contributed by atoms with Gasteiger partial charge in [0.1, 0.15) is 38.3 Å². The van der Waals surface area contributed by atoms with Crippen LogP contribution in [-0.2, 0) is 69.1 Å². The average Bonchev–Trinajstić information content (AvgIpc) is 3.11. The fourth-order valence-electron chi connectivity index (χ4n) is 4.87. The summed E-state index contributed by atoms with van der Waals surface area (Å²) in [4.78, 5) is -3.47. The lowest BCUT2D eigenvalue weighted by Crippen LogP contribution is -2.16. The monoisotopic (exact) mass is 947 g/mol. The van der Waals surface area contributed by atoms with Crippen molar-refractivity contribution in [1.82, 2.24) is 0 Å². The van der Waals surface area contributed by atoms with Gasteiger partial charge in [0.2, 0.25) is 0 Å². The third kappa shape index (κ3) is 11.9. The van der Waals surface area contributed by atoms with Crippen LogP contribution in [0.25, 0.3) is 10.8 Å². The van der Waals surface area contributed by atoms with Crippen LogP contribution in [0.15, 0.2) is 94.6 Å². The molecule has 0 bridgehead atoms. The third-order valence-electron chi connectivity index (χ3n) is 7.51. The molecule has 25 nitrogen and oxygen atoms in total. The number of azo groups is 2. The molecule has 0 atom stereocenters. The Morgan fingerprint density at radius 2 is 1.08 bits per heavy atom. The number of hydrogen-bond acceptors (Lipinski definition) is 21. The normalized spacial score (nSPS) is 13.4. The molecule has 0 saturated carbocycles. The Balaban J connectivity index is 1.86. The van der Waals surface area contributed by atoms with Gasteiger partial charge in [-0.2, -0.15) is 33.7 Å². The van der Waals surface area contributed by atoms with E-state index >= 15 is 0 Å². The first-order valence-corrected chi connectivity index (χ1v) is 24.3. The number of nitrogens with one attached hydrogen (secondary N) is 1. The van der Waals surface area contributed by atoms with Crippen molar-refractivity contribution in [3.63, 3.8) is 0 Å². The van der Waals surface area contributed by atoms with Crippen molar-refractivity contribution in [3.05, 3.63) is 54.6 Å². The molecular weight excluding hydrogens is 919 g/mol. The smallest absolute Gasteiger partial charge is 0.397 e. The zero-order valence-corrected chi connectivity index (χ0v) is 34.5. The number of fused-ring (bicyclic) bond motifs is 1. The number of hydrogen-bond donors (Lipinski definition) is 6. The topological polar surface area (TPSA) is 395 Å². The minimum atomic E-state index is -5.33. The Labute approximate surface area is 335 Å². The first kappa shape index (κ1) is 46.9. The second-order valence-electron chi connectivity index (χ2n) is 11.3. The molecule has 0 aliphatic carbocycles. The van der Waals surface area contributed by atoms with Gasteiger partial charge in [0, 0.05) is 17.8 Å². The largest absolute Gasteiger partial charge is 0.505 e. The summed E-state index contributed by atoms with van der Waals surface area (Å²) < 4.78 is 195. The predicted molar refractivity (Wildman–Crippen MR) is 202 cm³/mol. The lowest BCUT2D eigenvalue weighted by atomic mass is 10.1. The zero-order chi connectivity index (χ0) is 44.4. The summed E-state index contributed by atoms with van der Waals surface area (Å²) in [6, 6.07) is 8.35. The Morgan fingerprint density at radius 1 is 0.576 bits per heavy atom. The van der Waals surface area contributed by atoms with Crippen molar-refractivity contribution < 1.29 is 86.9 Å². The second kappa shape index (κ2) is 17.4. The van der Waals surface area contributed by atoms with Gasteiger partial charge in [0.05, 0.1) is 47.3 Å². The Kier molecular flexibility index (Phi) is 13.8. The van der Waals surface area contributed by atoms with Crippen LogP contribution < -0.4 is 10.1 Å². The molecule has 0 radical (unpaired) electrons. The average molecular weight is 948 g/mol. The molecule has 0 aliphatic rings. The van der Waals surface area contributed by atoms with Gasteiger partial charge in [-0.15, -0.1) is 20.5 Å². The van der Waals surface area contributed by atoms with Crippen molar-refractivity contribution in [3.8, 4) is 11.5 Å². The van der Waals surface area contributed by atoms with Crippen molar-refractivity contribution in [2.45, 2.75) is 19.6 Å². The van der Waals surface area contributed by atoms with Gasteiger partial charge in [-0.3, -0.25) is 18.2 Å². The van der Waals surface area contributed by atoms with Crippen LogP contribution in [0, 0.1) is 0 Å². The summed E-state index contributed by atoms with van der Waals surface area (Å²) >= 11 is 0. The van der Waals surface area contributed by atoms with Crippen molar-refractivity contribution in [2.24, 2.45) is 20.5 Å². The van der Waals surface area contributed by atoms with E-state index in [-0.39, 0.29) is 33.6 Å². The van der Waals surface area contributed by atoms with Gasteiger partial charge in [-0.05, 0) is 54.6 Å². The maximum Gasteiger partial charge on any atom is 0.397 e. The number of benzene rings is 4. The third-order valence-corrected chi connectivity index (χ3v) is 13.5. The standard InChI is InChI=1S/C28H29N5O20S6/c1-29-21-7-5-18-19(26(21)32-30-20-6-3-17(14-24(20)56(39,40)41)55(37,38)12-10-53-59(48,49)50)15-25(57(42,43)44)27(28(18)34)33-31-22-13-16(4-8-23(22)51-2)54(35,36)11-9-52-58(45,46)47/h3-8,13-15,29,34H,9-12H2,1-2H3,(H,39,40,41)(H,42,43,44)(H,45,46,47)(H,48,49,50). The number of phenols is 1. The Bertz CT molecular complexity index is 3070. The van der Waals surface area contributed by atoms with Gasteiger partial charge in [-0.25, -0.2) is 25.2 Å². The maximum atomic E-state index is 12.8. The molecule has 59 heavy (non-hydrogen) atoms. The van der Waals surface area contributed by atoms with E-state index in [0.29, 0.717) is 6.07 Å². The van der Waals surface area contributed by atoms with Crippen LogP contribution in [-0.4, -0.2) is 113 Å². The highest BCUT2D eigenvalue weighted by molar-refractivity contribution is 7.92. The number of methoxy groups -OCH3 is 1. The van der Waals surface area contributed by atoms with E-state index in [1.165, 1.54) is 19.2 Å². The summed E-state index contributed by atoms with van der Waals surface area (Å²) in [6.45, 7) is -2.03. The molecule has 4 aromatic carbocycles. The number of anilines is 1. The molecule has 4 rings (SSSR count). The van der Waals surface area contributed by atoms with Crippen LogP contribution in [0.3, 0.4) is 0 Å². The molecule has 0 fully saturated rings. The molecular formula is C28H29N5O20S6. The van der Waals surface area contributed by atoms with Crippen molar-refractivity contribution in [1.29, 1.82) is 0 Å². The quantitative estimate of drug-likeness (QED) is 0.0616. The minimum absolute atomic E-state index is 0.0347. The molecule has 0 unspecified atom stereocenters. The summed E-state index contributed by atoms with van der Waals surface area (Å²) in [5.74, 6) is -3.11. The van der Waals surface area contributed by atoms with Crippen molar-refractivity contribution in [2.75, 3.05) is 44.2 Å². The van der Waals surface area contributed by atoms with Crippen LogP contribution >= 0.6 is 0 Å². The maximum absolute atomic E-state index is 12.8. The second-order valence-corrected chi connectivity index (χ2v) is 20.5. The van der Waals surface area contributed by atoms with Crippen LogP contribution in [0.1, 0.15) is 0 Å². The number of phenolic OH excluding ortho intramolecular Hbond substituents is 1. The van der Waals surface area contributed by atoms with E-state index in [0.717, 1.165) is 43.5 Å². The molecule has 0 heterocycles. The number of sulfone groups is 2. The minimum Gasteiger partial charge on any atom is -0.505 e. The van der Waals surface area contributed by atoms with Gasteiger partial charge in [0.15, 0.2) is 25.4 Å². The van der Waals surface area contributed by atoms with E-state index < -0.39 is 122 Å². The van der Waals surface area contributed by atoms with Crippen LogP contribution in [0.4, 0.5) is 28.4 Å². The first-order chi connectivity index (χ1) is 27.1. The zero-order valence-electron chi connectivity index (χ0n) is 29.6. The molecule has 31 heteroatoms. The number of rotatable bonds is 18. The number of aromatic hydroxyl groups is 1. The van der Waals surface area contributed by atoms with E-state index in [4.69, 9.17) is 13.8 Å². The molecule has 0 aromatic heterocycles. The predicted octanol–water partition coefficient (Wildman–Crippen LogP) is 3.11. The molecule has 322 valence electrons. The Hall–Kier alpha value is -4.80. The summed E-state index contributed by atoms with van der Waals surface area (Å²) in [7, 11) is -26.9. The molecule has 0 aliphatic heterocycles. The van der Waals surface area contributed by atoms with Gasteiger partial charge >= 0.3 is 20.8 Å². The van der Waals surface area contributed by atoms with E-state index in [1.54, 1.807) is 0 Å². The highest BCUT2D eigenvalue weighted by Gasteiger charge is 2.26. The van der Waals surface area contributed by atoms with Crippen LogP contribution in [0.5, 0.6) is 11.5 Å². The molecule has 0 saturated heterocycles. The first-order valence-electron chi connectivity index (χ1n) is 15.4. The SMILES string of the molecule is CNc1ccc2c(O)c(N=Nc3cc(S(=O)(=O)CCOS(=O)(=O)O)ccc3OC)c(S(=O)(=O)O)cc2c1N=Nc1ccc(S(=O)(=O)CCOS(=O)(=O)O)cc1S(=O)(=O)O. The molecule has 6 N–H and O–H groups in total. The van der Waals surface area contributed by atoms with E-state index in [1.807, 2.05) is 0 Å².